The average Bonchev–Trinajstić information content (AvgIpc) is 2.60. The first-order valence-electron chi connectivity index (χ1n) is 6.45. The van der Waals surface area contributed by atoms with Crippen molar-refractivity contribution in [3.8, 4) is 0 Å². The Hall–Kier alpha value is -0.670. The van der Waals surface area contributed by atoms with Crippen LogP contribution >= 0.6 is 11.6 Å². The Bertz CT molecular complexity index is 732. The third-order valence-electron chi connectivity index (χ3n) is 3.39. The minimum Gasteiger partial charge on any atom is -0.326 e. The van der Waals surface area contributed by atoms with E-state index in [4.69, 9.17) is 17.3 Å². The standard InChI is InChI=1S/C12H17ClN2O4S2/c13-12-3-2-11(8-10(12)9-14)21(18,19)15-4-1-6-20(16,17)7-5-15/h2-3,8H,1,4-7,9,14H2. The molecule has 0 atom stereocenters. The molecule has 1 aliphatic rings. The normalized spacial score (nSPS) is 20.1. The van der Waals surface area contributed by atoms with E-state index in [0.717, 1.165) is 0 Å². The first-order valence-corrected chi connectivity index (χ1v) is 10.1. The molecule has 0 unspecified atom stereocenters. The zero-order chi connectivity index (χ0) is 15.7. The summed E-state index contributed by atoms with van der Waals surface area (Å²) in [7, 11) is -6.89. The fourth-order valence-electron chi connectivity index (χ4n) is 2.17. The van der Waals surface area contributed by atoms with Crippen molar-refractivity contribution < 1.29 is 16.8 Å². The molecule has 21 heavy (non-hydrogen) atoms. The topological polar surface area (TPSA) is 97.5 Å². The highest BCUT2D eigenvalue weighted by atomic mass is 35.5. The minimum absolute atomic E-state index is 0.0215. The Labute approximate surface area is 129 Å². The first kappa shape index (κ1) is 16.7. The lowest BCUT2D eigenvalue weighted by molar-refractivity contribution is 0.434. The molecule has 2 N–H and O–H groups in total. The number of sulfone groups is 1. The van der Waals surface area contributed by atoms with Crippen LogP contribution in [0, 0.1) is 0 Å². The van der Waals surface area contributed by atoms with Gasteiger partial charge in [0.2, 0.25) is 10.0 Å². The van der Waals surface area contributed by atoms with E-state index >= 15 is 0 Å². The summed E-state index contributed by atoms with van der Waals surface area (Å²) in [6.07, 6.45) is 0.304. The van der Waals surface area contributed by atoms with Crippen molar-refractivity contribution in [1.82, 2.24) is 4.31 Å². The van der Waals surface area contributed by atoms with Gasteiger partial charge in [0.15, 0.2) is 9.84 Å². The predicted molar refractivity (Wildman–Crippen MR) is 81.4 cm³/mol. The molecule has 0 aromatic heterocycles. The summed E-state index contributed by atoms with van der Waals surface area (Å²) in [5.74, 6) is -0.128. The minimum atomic E-state index is -3.73. The molecular weight excluding hydrogens is 336 g/mol. The highest BCUT2D eigenvalue weighted by molar-refractivity contribution is 7.91. The fraction of sp³-hybridized carbons (Fsp3) is 0.500. The molecule has 118 valence electrons. The van der Waals surface area contributed by atoms with E-state index in [-0.39, 0.29) is 36.0 Å². The van der Waals surface area contributed by atoms with Gasteiger partial charge in [-0.25, -0.2) is 16.8 Å². The summed E-state index contributed by atoms with van der Waals surface area (Å²) in [5.41, 5.74) is 6.07. The van der Waals surface area contributed by atoms with Crippen LogP contribution in [0.3, 0.4) is 0 Å². The molecule has 2 rings (SSSR count). The third kappa shape index (κ3) is 3.75. The van der Waals surface area contributed by atoms with Crippen molar-refractivity contribution >= 4 is 31.5 Å². The summed E-state index contributed by atoms with van der Waals surface area (Å²) in [5, 5.41) is 0.412. The van der Waals surface area contributed by atoms with Crippen LogP contribution in [0.2, 0.25) is 5.02 Å². The summed E-state index contributed by atoms with van der Waals surface area (Å²) in [6, 6.07) is 4.35. The van der Waals surface area contributed by atoms with E-state index in [1.54, 1.807) is 0 Å². The quantitative estimate of drug-likeness (QED) is 0.859. The number of hydrogen-bond donors (Lipinski definition) is 1. The molecule has 1 heterocycles. The van der Waals surface area contributed by atoms with E-state index in [9.17, 15) is 16.8 Å². The van der Waals surface area contributed by atoms with E-state index in [1.165, 1.54) is 22.5 Å². The van der Waals surface area contributed by atoms with Crippen LogP contribution in [0.5, 0.6) is 0 Å². The highest BCUT2D eigenvalue weighted by Gasteiger charge is 2.29. The van der Waals surface area contributed by atoms with E-state index in [2.05, 4.69) is 0 Å². The van der Waals surface area contributed by atoms with Crippen LogP contribution in [0.15, 0.2) is 23.1 Å². The van der Waals surface area contributed by atoms with Gasteiger partial charge in [-0.05, 0) is 30.2 Å². The molecule has 1 aliphatic heterocycles. The van der Waals surface area contributed by atoms with Crippen LogP contribution < -0.4 is 5.73 Å². The van der Waals surface area contributed by atoms with E-state index in [0.29, 0.717) is 17.0 Å². The SMILES string of the molecule is NCc1cc(S(=O)(=O)N2CCCS(=O)(=O)CC2)ccc1Cl. The molecule has 1 aromatic rings. The fourth-order valence-corrected chi connectivity index (χ4v) is 5.29. The predicted octanol–water partition coefficient (Wildman–Crippen LogP) is 0.608. The molecule has 0 radical (unpaired) electrons. The Kier molecular flexibility index (Phi) is 4.94. The van der Waals surface area contributed by atoms with Gasteiger partial charge in [-0.15, -0.1) is 0 Å². The molecule has 1 saturated heterocycles. The monoisotopic (exact) mass is 352 g/mol. The van der Waals surface area contributed by atoms with Crippen molar-refractivity contribution in [3.05, 3.63) is 28.8 Å². The van der Waals surface area contributed by atoms with Gasteiger partial charge in [-0.1, -0.05) is 11.6 Å². The lowest BCUT2D eigenvalue weighted by Gasteiger charge is -2.20. The van der Waals surface area contributed by atoms with Crippen molar-refractivity contribution in [2.45, 2.75) is 17.9 Å². The number of nitrogens with two attached hydrogens (primary N) is 1. The molecule has 0 spiro atoms. The Morgan fingerprint density at radius 1 is 1.24 bits per heavy atom. The maximum atomic E-state index is 12.6. The lowest BCUT2D eigenvalue weighted by atomic mass is 10.2. The number of rotatable bonds is 3. The second kappa shape index (κ2) is 6.21. The highest BCUT2D eigenvalue weighted by Crippen LogP contribution is 2.23. The number of sulfonamides is 1. The van der Waals surface area contributed by atoms with Gasteiger partial charge >= 0.3 is 0 Å². The van der Waals surface area contributed by atoms with Gasteiger partial charge in [-0.3, -0.25) is 0 Å². The third-order valence-corrected chi connectivity index (χ3v) is 7.37. The van der Waals surface area contributed by atoms with Crippen molar-refractivity contribution in [3.63, 3.8) is 0 Å². The molecule has 0 aliphatic carbocycles. The maximum absolute atomic E-state index is 12.6. The molecule has 0 bridgehead atoms. The van der Waals surface area contributed by atoms with Gasteiger partial charge in [0, 0.05) is 24.7 Å². The van der Waals surface area contributed by atoms with Crippen LogP contribution in [-0.4, -0.2) is 45.7 Å². The summed E-state index contributed by atoms with van der Waals surface area (Å²) in [4.78, 5) is 0.0895. The number of nitrogens with zero attached hydrogens (tertiary/aromatic N) is 1. The van der Waals surface area contributed by atoms with Crippen LogP contribution in [0.4, 0.5) is 0 Å². The molecular formula is C12H17ClN2O4S2. The second-order valence-corrected chi connectivity index (χ2v) is 9.52. The van der Waals surface area contributed by atoms with Crippen LogP contribution in [0.1, 0.15) is 12.0 Å². The van der Waals surface area contributed by atoms with Gasteiger partial charge in [0.05, 0.1) is 16.4 Å². The van der Waals surface area contributed by atoms with E-state index < -0.39 is 19.9 Å². The largest absolute Gasteiger partial charge is 0.326 e. The second-order valence-electron chi connectivity index (χ2n) is 4.87. The van der Waals surface area contributed by atoms with Gasteiger partial charge in [0.1, 0.15) is 0 Å². The molecule has 1 aromatic carbocycles. The van der Waals surface area contributed by atoms with Crippen LogP contribution in [-0.2, 0) is 26.4 Å². The summed E-state index contributed by atoms with van der Waals surface area (Å²) < 4.78 is 49.5. The van der Waals surface area contributed by atoms with Crippen molar-refractivity contribution in [1.29, 1.82) is 0 Å². The van der Waals surface area contributed by atoms with Gasteiger partial charge in [-0.2, -0.15) is 4.31 Å². The number of benzene rings is 1. The molecule has 9 heteroatoms. The Balaban J connectivity index is 2.33. The Morgan fingerprint density at radius 3 is 2.62 bits per heavy atom. The van der Waals surface area contributed by atoms with Gasteiger partial charge in [0.25, 0.3) is 0 Å². The summed E-state index contributed by atoms with van der Waals surface area (Å²) in [6.45, 7) is 0.309. The van der Waals surface area contributed by atoms with Crippen molar-refractivity contribution in [2.75, 3.05) is 24.6 Å². The molecule has 0 saturated carbocycles. The molecule has 6 nitrogen and oxygen atoms in total. The zero-order valence-electron chi connectivity index (χ0n) is 11.3. The lowest BCUT2D eigenvalue weighted by Crippen LogP contribution is -2.33. The van der Waals surface area contributed by atoms with Crippen LogP contribution in [0.25, 0.3) is 0 Å². The first-order chi connectivity index (χ1) is 9.76. The summed E-state index contributed by atoms with van der Waals surface area (Å²) >= 11 is 5.93. The van der Waals surface area contributed by atoms with E-state index in [1.807, 2.05) is 0 Å². The number of halogens is 1. The molecule has 1 fully saturated rings. The van der Waals surface area contributed by atoms with Crippen molar-refractivity contribution in [2.24, 2.45) is 5.73 Å². The Morgan fingerprint density at radius 2 is 1.95 bits per heavy atom. The molecule has 0 amide bonds. The number of hydrogen-bond acceptors (Lipinski definition) is 5. The smallest absolute Gasteiger partial charge is 0.243 e. The zero-order valence-corrected chi connectivity index (χ0v) is 13.7. The maximum Gasteiger partial charge on any atom is 0.243 e. The van der Waals surface area contributed by atoms with Gasteiger partial charge < -0.3 is 5.73 Å². The average molecular weight is 353 g/mol.